The number of nitrogens with two attached hydrogens (primary N) is 2. The first kappa shape index (κ1) is 39.2. The van der Waals surface area contributed by atoms with Crippen molar-refractivity contribution in [2.75, 3.05) is 40.0 Å². The van der Waals surface area contributed by atoms with Gasteiger partial charge in [0, 0.05) is 19.1 Å². The van der Waals surface area contributed by atoms with Crippen molar-refractivity contribution in [2.24, 2.45) is 11.5 Å². The molecule has 0 radical (unpaired) electrons. The summed E-state index contributed by atoms with van der Waals surface area (Å²) in [5.74, 6) is -0.730. The Morgan fingerprint density at radius 2 is 1.67 bits per heavy atom. The average molecular weight is 671 g/mol. The third-order valence-corrected chi connectivity index (χ3v) is 8.79. The molecule has 2 aliphatic heterocycles. The second-order valence-corrected chi connectivity index (χ2v) is 12.5. The van der Waals surface area contributed by atoms with E-state index >= 15 is 0 Å². The predicted octanol–water partition coefficient (Wildman–Crippen LogP) is -7.31. The standard InChI is InChI=1S/C27H54N6O13/c1-27(42)10-43-26(20(41)23(27)31-2)46-22-14(33-24(30)18(39)17(38)16(37)15(36)9-35)7-13(29)21(19(22)40)45-25-12(28)4-3-11(44-25)8-32-5-6-34/h11-23,25-26,31-32,34-42H,3-10,28-29H2,1-2H3,(H2,30,33)/t11-,12?,13-,14+,15?,16?,17?,18?,19?,20?,21?,22?,23+,25+,26+,27?/m0/s1. The van der Waals surface area contributed by atoms with Crippen LogP contribution in [0, 0.1) is 5.41 Å². The molecule has 1 saturated carbocycles. The molecule has 3 aliphatic rings. The lowest BCUT2D eigenvalue weighted by Crippen LogP contribution is -2.69. The fraction of sp³-hybridized carbons (Fsp3) is 0.963. The first-order valence-corrected chi connectivity index (χ1v) is 15.5. The maximum absolute atomic E-state index is 11.6. The third-order valence-electron chi connectivity index (χ3n) is 8.79. The molecule has 2 heterocycles. The second-order valence-electron chi connectivity index (χ2n) is 12.5. The number of aliphatic hydroxyl groups excluding tert-OH is 8. The van der Waals surface area contributed by atoms with Gasteiger partial charge in [-0.05, 0) is 33.2 Å². The highest BCUT2D eigenvalue weighted by Crippen LogP contribution is 2.32. The Morgan fingerprint density at radius 3 is 2.30 bits per heavy atom. The smallest absolute Gasteiger partial charge is 0.185 e. The van der Waals surface area contributed by atoms with Gasteiger partial charge in [-0.2, -0.15) is 0 Å². The van der Waals surface area contributed by atoms with Crippen molar-refractivity contribution in [3.63, 3.8) is 0 Å². The first-order chi connectivity index (χ1) is 21.7. The minimum atomic E-state index is -2.08. The molecular weight excluding hydrogens is 616 g/mol. The number of ether oxygens (including phenoxy) is 4. The Kier molecular flexibility index (Phi) is 14.9. The summed E-state index contributed by atoms with van der Waals surface area (Å²) in [6, 6.07) is -3.44. The van der Waals surface area contributed by atoms with Crippen LogP contribution in [0.5, 0.6) is 0 Å². The van der Waals surface area contributed by atoms with Crippen molar-refractivity contribution in [2.45, 2.75) is 123 Å². The zero-order valence-corrected chi connectivity index (χ0v) is 26.1. The van der Waals surface area contributed by atoms with Gasteiger partial charge >= 0.3 is 0 Å². The van der Waals surface area contributed by atoms with Crippen LogP contribution in [0.25, 0.3) is 0 Å². The van der Waals surface area contributed by atoms with E-state index in [9.17, 15) is 35.7 Å². The van der Waals surface area contributed by atoms with Gasteiger partial charge in [0.05, 0.1) is 44.1 Å². The highest BCUT2D eigenvalue weighted by molar-refractivity contribution is 5.84. The lowest BCUT2D eigenvalue weighted by Gasteiger charge is -2.49. The summed E-state index contributed by atoms with van der Waals surface area (Å²) < 4.78 is 23.9. The minimum Gasteiger partial charge on any atom is -0.395 e. The number of amidine groups is 1. The monoisotopic (exact) mass is 670 g/mol. The van der Waals surface area contributed by atoms with Gasteiger partial charge in [-0.3, -0.25) is 5.41 Å². The quantitative estimate of drug-likeness (QED) is 0.0437. The van der Waals surface area contributed by atoms with E-state index in [1.165, 1.54) is 14.0 Å². The number of likely N-dealkylation sites (N-methyl/N-ethyl adjacent to an activating group) is 1. The van der Waals surface area contributed by atoms with E-state index in [2.05, 4.69) is 16.0 Å². The first-order valence-electron chi connectivity index (χ1n) is 15.5. The molecule has 0 aromatic carbocycles. The molecule has 19 nitrogen and oxygen atoms in total. The molecule has 0 aromatic heterocycles. The van der Waals surface area contributed by atoms with Gasteiger partial charge in [0.15, 0.2) is 12.6 Å². The molecule has 19 heteroatoms. The van der Waals surface area contributed by atoms with Crippen molar-refractivity contribution in [3.8, 4) is 0 Å². The molecule has 3 fully saturated rings. The van der Waals surface area contributed by atoms with Crippen molar-refractivity contribution < 1.29 is 64.9 Å². The summed E-state index contributed by atoms with van der Waals surface area (Å²) >= 11 is 0. The van der Waals surface area contributed by atoms with Gasteiger partial charge in [-0.1, -0.05) is 0 Å². The van der Waals surface area contributed by atoms with Crippen LogP contribution in [0.15, 0.2) is 0 Å². The number of rotatable bonds is 15. The van der Waals surface area contributed by atoms with Gasteiger partial charge in [0.25, 0.3) is 0 Å². The lowest BCUT2D eigenvalue weighted by molar-refractivity contribution is -0.307. The molecule has 1 aliphatic carbocycles. The average Bonchev–Trinajstić information content (AvgIpc) is 3.01. The van der Waals surface area contributed by atoms with E-state index in [0.29, 0.717) is 25.9 Å². The zero-order valence-electron chi connectivity index (χ0n) is 26.1. The van der Waals surface area contributed by atoms with E-state index < -0.39 is 104 Å². The molecule has 3 rings (SSSR count). The van der Waals surface area contributed by atoms with Crippen LogP contribution in [-0.2, 0) is 18.9 Å². The summed E-state index contributed by atoms with van der Waals surface area (Å²) in [6.07, 6.45) is -14.9. The van der Waals surface area contributed by atoms with Gasteiger partial charge in [-0.25, -0.2) is 0 Å². The molecule has 10 unspecified atom stereocenters. The molecule has 16 atom stereocenters. The van der Waals surface area contributed by atoms with Gasteiger partial charge in [0.1, 0.15) is 60.3 Å². The molecule has 0 amide bonds. The van der Waals surface area contributed by atoms with Crippen LogP contribution < -0.4 is 27.4 Å². The summed E-state index contributed by atoms with van der Waals surface area (Å²) in [7, 11) is 1.53. The van der Waals surface area contributed by atoms with Gasteiger partial charge in [0.2, 0.25) is 0 Å². The zero-order chi connectivity index (χ0) is 34.3. The highest BCUT2D eigenvalue weighted by Gasteiger charge is 2.52. The number of aliphatic hydroxyl groups is 9. The molecule has 0 aromatic rings. The van der Waals surface area contributed by atoms with Crippen LogP contribution >= 0.6 is 0 Å². The van der Waals surface area contributed by atoms with Crippen LogP contribution in [-0.4, -0.2) is 189 Å². The van der Waals surface area contributed by atoms with Gasteiger partial charge < -0.3 is 92.3 Å². The van der Waals surface area contributed by atoms with E-state index in [0.717, 1.165) is 0 Å². The minimum absolute atomic E-state index is 0.0451. The van der Waals surface area contributed by atoms with Crippen molar-refractivity contribution >= 4 is 5.84 Å². The summed E-state index contributed by atoms with van der Waals surface area (Å²) in [5.41, 5.74) is 11.3. The van der Waals surface area contributed by atoms with Crippen LogP contribution in [0.2, 0.25) is 0 Å². The van der Waals surface area contributed by atoms with Crippen LogP contribution in [0.1, 0.15) is 26.2 Å². The Hall–Kier alpha value is -1.21. The predicted molar refractivity (Wildman–Crippen MR) is 159 cm³/mol. The molecule has 46 heavy (non-hydrogen) atoms. The van der Waals surface area contributed by atoms with E-state index in [4.69, 9.17) is 46.0 Å². The van der Waals surface area contributed by atoms with Crippen molar-refractivity contribution in [3.05, 3.63) is 0 Å². The Bertz CT molecular complexity index is 943. The largest absolute Gasteiger partial charge is 0.395 e. The fourth-order valence-corrected chi connectivity index (χ4v) is 6.09. The Morgan fingerprint density at radius 1 is 1.00 bits per heavy atom. The van der Waals surface area contributed by atoms with Gasteiger partial charge in [-0.15, -0.1) is 0 Å². The van der Waals surface area contributed by atoms with Crippen molar-refractivity contribution in [1.82, 2.24) is 16.0 Å². The molecule has 0 spiro atoms. The molecule has 0 bridgehead atoms. The van der Waals surface area contributed by atoms with Crippen LogP contribution in [0.3, 0.4) is 0 Å². The topological polar surface area (TPSA) is 331 Å². The molecule has 17 N–H and O–H groups in total. The van der Waals surface area contributed by atoms with Crippen LogP contribution in [0.4, 0.5) is 0 Å². The summed E-state index contributed by atoms with van der Waals surface area (Å²) in [5, 5.41) is 109. The van der Waals surface area contributed by atoms with Crippen molar-refractivity contribution in [1.29, 1.82) is 5.41 Å². The highest BCUT2D eigenvalue weighted by atomic mass is 16.7. The van der Waals surface area contributed by atoms with E-state index in [-0.39, 0.29) is 25.7 Å². The third kappa shape index (κ3) is 9.48. The summed E-state index contributed by atoms with van der Waals surface area (Å²) in [6.45, 7) is 1.06. The lowest BCUT2D eigenvalue weighted by atomic mass is 9.83. The van der Waals surface area contributed by atoms with E-state index in [1.54, 1.807) is 0 Å². The number of hydrogen-bond donors (Lipinski definition) is 15. The Labute approximate surface area is 267 Å². The fourth-order valence-electron chi connectivity index (χ4n) is 6.09. The van der Waals surface area contributed by atoms with E-state index in [1.807, 2.05) is 0 Å². The molecular formula is C27H54N6O13. The SMILES string of the molecule is CN[C@@H]1C(O)[C@@H](OC2C(O)C(O[C@H]3O[C@H](CNCCO)CCC3N)[C@@H](N)C[C@H]2NC(=N)C(O)C(O)C(O)C(O)CO)OCC1(C)O. The number of hydrogen-bond acceptors (Lipinski definition) is 18. The molecule has 270 valence electrons. The molecule has 2 saturated heterocycles. The maximum atomic E-state index is 11.6. The Balaban J connectivity index is 1.82. The number of nitrogens with one attached hydrogen (secondary N) is 4. The normalized spacial score (nSPS) is 41.4. The maximum Gasteiger partial charge on any atom is 0.185 e. The second kappa shape index (κ2) is 17.4. The summed E-state index contributed by atoms with van der Waals surface area (Å²) in [4.78, 5) is 0.